The fourth-order valence-electron chi connectivity index (χ4n) is 1.98. The summed E-state index contributed by atoms with van der Waals surface area (Å²) in [5, 5.41) is 19.1. The molecule has 2 rings (SSSR count). The molecule has 0 bridgehead atoms. The minimum Gasteiger partial charge on any atom is -0.508 e. The maximum absolute atomic E-state index is 12.1. The molecule has 18 heavy (non-hydrogen) atoms. The van der Waals surface area contributed by atoms with E-state index in [0.717, 1.165) is 5.56 Å². The van der Waals surface area contributed by atoms with E-state index in [2.05, 4.69) is 0 Å². The second-order valence-corrected chi connectivity index (χ2v) is 4.24. The summed E-state index contributed by atoms with van der Waals surface area (Å²) in [6.07, 6.45) is 0.236. The number of hydrogen-bond acceptors (Lipinski definition) is 3. The lowest BCUT2D eigenvalue weighted by Gasteiger charge is -2.08. The third kappa shape index (κ3) is 2.51. The molecule has 0 fully saturated rings. The number of phenolic OH excluding ortho intramolecular Hbond substituents is 2. The highest BCUT2D eigenvalue weighted by Gasteiger charge is 2.15. The van der Waals surface area contributed by atoms with Crippen LogP contribution in [-0.2, 0) is 6.42 Å². The van der Waals surface area contributed by atoms with Gasteiger partial charge in [-0.05, 0) is 24.1 Å². The number of ketones is 1. The van der Waals surface area contributed by atoms with Crippen molar-refractivity contribution in [2.75, 3.05) is 0 Å². The number of aromatic hydroxyl groups is 2. The summed E-state index contributed by atoms with van der Waals surface area (Å²) in [6, 6.07) is 12.0. The van der Waals surface area contributed by atoms with E-state index >= 15 is 0 Å². The summed E-state index contributed by atoms with van der Waals surface area (Å²) in [7, 11) is 0. The van der Waals surface area contributed by atoms with E-state index < -0.39 is 0 Å². The smallest absolute Gasteiger partial charge is 0.171 e. The Balaban J connectivity index is 2.30. The van der Waals surface area contributed by atoms with Crippen molar-refractivity contribution < 1.29 is 15.0 Å². The highest BCUT2D eigenvalue weighted by Crippen LogP contribution is 2.27. The van der Waals surface area contributed by atoms with Crippen LogP contribution in [0.25, 0.3) is 0 Å². The van der Waals surface area contributed by atoms with Gasteiger partial charge < -0.3 is 10.2 Å². The highest BCUT2D eigenvalue weighted by atomic mass is 16.3. The van der Waals surface area contributed by atoms with Gasteiger partial charge in [0.15, 0.2) is 5.78 Å². The minimum atomic E-state index is -0.173. The zero-order valence-corrected chi connectivity index (χ0v) is 10.1. The number of carbonyl (C=O) groups is 1. The zero-order valence-electron chi connectivity index (χ0n) is 10.1. The molecule has 0 saturated heterocycles. The van der Waals surface area contributed by atoms with Gasteiger partial charge in [-0.1, -0.05) is 30.3 Å². The first-order valence-electron chi connectivity index (χ1n) is 5.67. The first-order chi connectivity index (χ1) is 8.58. The maximum atomic E-state index is 12.1. The molecule has 0 radical (unpaired) electrons. The minimum absolute atomic E-state index is 0.0405. The van der Waals surface area contributed by atoms with Crippen molar-refractivity contribution in [2.24, 2.45) is 0 Å². The first-order valence-corrected chi connectivity index (χ1v) is 5.67. The third-order valence-electron chi connectivity index (χ3n) is 2.79. The Labute approximate surface area is 105 Å². The molecule has 2 N–H and O–H groups in total. The van der Waals surface area contributed by atoms with Gasteiger partial charge >= 0.3 is 0 Å². The Bertz CT molecular complexity index is 551. The highest BCUT2D eigenvalue weighted by molar-refractivity contribution is 6.01. The fraction of sp³-hybridized carbons (Fsp3) is 0.133. The standard InChI is InChI=1S/C15H14O3/c1-10-7-12(16)9-14(18)15(10)13(17)8-11-5-3-2-4-6-11/h2-7,9,16,18H,8H2,1H3. The molecule has 2 aromatic carbocycles. The monoisotopic (exact) mass is 242 g/mol. The summed E-state index contributed by atoms with van der Waals surface area (Å²) in [5.41, 5.74) is 1.75. The molecule has 0 atom stereocenters. The van der Waals surface area contributed by atoms with Gasteiger partial charge in [-0.15, -0.1) is 0 Å². The van der Waals surface area contributed by atoms with Crippen molar-refractivity contribution in [3.05, 3.63) is 59.2 Å². The molecule has 0 unspecified atom stereocenters. The van der Waals surface area contributed by atoms with Crippen molar-refractivity contribution in [3.63, 3.8) is 0 Å². The number of rotatable bonds is 3. The number of aryl methyl sites for hydroxylation is 1. The second kappa shape index (κ2) is 4.92. The predicted octanol–water partition coefficient (Wildman–Crippen LogP) is 2.83. The van der Waals surface area contributed by atoms with Gasteiger partial charge in [0.05, 0.1) is 5.56 Å². The van der Waals surface area contributed by atoms with Crippen LogP contribution in [0.2, 0.25) is 0 Å². The van der Waals surface area contributed by atoms with Gasteiger partial charge in [0.2, 0.25) is 0 Å². The molecule has 3 heteroatoms. The molecule has 0 aliphatic carbocycles. The molecule has 0 amide bonds. The molecule has 0 saturated carbocycles. The lowest BCUT2D eigenvalue weighted by atomic mass is 9.98. The molecule has 0 aromatic heterocycles. The number of hydrogen-bond donors (Lipinski definition) is 2. The van der Waals surface area contributed by atoms with Crippen LogP contribution in [0.15, 0.2) is 42.5 Å². The summed E-state index contributed by atoms with van der Waals surface area (Å²) >= 11 is 0. The van der Waals surface area contributed by atoms with Crippen LogP contribution in [-0.4, -0.2) is 16.0 Å². The molecule has 0 aliphatic heterocycles. The largest absolute Gasteiger partial charge is 0.508 e. The lowest BCUT2D eigenvalue weighted by molar-refractivity contribution is 0.0990. The Morgan fingerprint density at radius 1 is 1.11 bits per heavy atom. The van der Waals surface area contributed by atoms with E-state index in [9.17, 15) is 15.0 Å². The van der Waals surface area contributed by atoms with Crippen LogP contribution in [0.3, 0.4) is 0 Å². The predicted molar refractivity (Wildman–Crippen MR) is 69.0 cm³/mol. The molecule has 92 valence electrons. The van der Waals surface area contributed by atoms with Gasteiger partial charge in [0, 0.05) is 12.5 Å². The van der Waals surface area contributed by atoms with E-state index in [-0.39, 0.29) is 29.3 Å². The van der Waals surface area contributed by atoms with Gasteiger partial charge in [0.25, 0.3) is 0 Å². The summed E-state index contributed by atoms with van der Waals surface area (Å²) in [6.45, 7) is 1.69. The summed E-state index contributed by atoms with van der Waals surface area (Å²) in [4.78, 5) is 12.1. The van der Waals surface area contributed by atoms with Crippen LogP contribution < -0.4 is 0 Å². The molecule has 0 heterocycles. The maximum Gasteiger partial charge on any atom is 0.171 e. The van der Waals surface area contributed by atoms with Crippen LogP contribution in [0.5, 0.6) is 11.5 Å². The Morgan fingerprint density at radius 3 is 2.39 bits per heavy atom. The first kappa shape index (κ1) is 12.2. The summed E-state index contributed by atoms with van der Waals surface area (Å²) in [5.74, 6) is -0.370. The molecule has 0 spiro atoms. The lowest BCUT2D eigenvalue weighted by Crippen LogP contribution is -2.06. The van der Waals surface area contributed by atoms with E-state index in [1.54, 1.807) is 6.92 Å². The average molecular weight is 242 g/mol. The van der Waals surface area contributed by atoms with Crippen molar-refractivity contribution in [3.8, 4) is 11.5 Å². The molecule has 0 aliphatic rings. The topological polar surface area (TPSA) is 57.5 Å². The Hall–Kier alpha value is -2.29. The average Bonchev–Trinajstić information content (AvgIpc) is 2.28. The molecular weight excluding hydrogens is 228 g/mol. The van der Waals surface area contributed by atoms with Crippen LogP contribution >= 0.6 is 0 Å². The van der Waals surface area contributed by atoms with Crippen LogP contribution in [0.4, 0.5) is 0 Å². The van der Waals surface area contributed by atoms with Gasteiger partial charge in [-0.25, -0.2) is 0 Å². The van der Waals surface area contributed by atoms with Gasteiger partial charge in [0.1, 0.15) is 11.5 Å². The number of phenols is 2. The number of Topliss-reactive ketones (excluding diaryl/α,β-unsaturated/α-hetero) is 1. The van der Waals surface area contributed by atoms with Crippen molar-refractivity contribution in [1.82, 2.24) is 0 Å². The molecular formula is C15H14O3. The van der Waals surface area contributed by atoms with Crippen molar-refractivity contribution >= 4 is 5.78 Å². The van der Waals surface area contributed by atoms with Crippen molar-refractivity contribution in [2.45, 2.75) is 13.3 Å². The third-order valence-corrected chi connectivity index (χ3v) is 2.79. The van der Waals surface area contributed by atoms with Crippen molar-refractivity contribution in [1.29, 1.82) is 0 Å². The Kier molecular flexibility index (Phi) is 3.33. The van der Waals surface area contributed by atoms with E-state index in [1.807, 2.05) is 30.3 Å². The van der Waals surface area contributed by atoms with E-state index in [0.29, 0.717) is 5.56 Å². The molecule has 3 nitrogen and oxygen atoms in total. The quantitative estimate of drug-likeness (QED) is 0.814. The fourth-order valence-corrected chi connectivity index (χ4v) is 1.98. The number of benzene rings is 2. The molecule has 2 aromatic rings. The Morgan fingerprint density at radius 2 is 1.78 bits per heavy atom. The van der Waals surface area contributed by atoms with E-state index in [1.165, 1.54) is 12.1 Å². The van der Waals surface area contributed by atoms with Crippen LogP contribution in [0.1, 0.15) is 21.5 Å². The van der Waals surface area contributed by atoms with E-state index in [4.69, 9.17) is 0 Å². The summed E-state index contributed by atoms with van der Waals surface area (Å²) < 4.78 is 0. The van der Waals surface area contributed by atoms with Crippen LogP contribution in [0, 0.1) is 6.92 Å². The number of carbonyl (C=O) groups excluding carboxylic acids is 1. The van der Waals surface area contributed by atoms with Gasteiger partial charge in [-0.2, -0.15) is 0 Å². The normalized spacial score (nSPS) is 10.3. The SMILES string of the molecule is Cc1cc(O)cc(O)c1C(=O)Cc1ccccc1. The second-order valence-electron chi connectivity index (χ2n) is 4.24. The zero-order chi connectivity index (χ0) is 13.1. The van der Waals surface area contributed by atoms with Gasteiger partial charge in [-0.3, -0.25) is 4.79 Å².